The Bertz CT molecular complexity index is 783. The average molecular weight is 280 g/mol. The first-order valence-electron chi connectivity index (χ1n) is 6.98. The second-order valence-electron chi connectivity index (χ2n) is 5.16. The Morgan fingerprint density at radius 2 is 1.86 bits per heavy atom. The van der Waals surface area contributed by atoms with Crippen molar-refractivity contribution in [3.05, 3.63) is 77.2 Å². The molecule has 106 valence electrons. The van der Waals surface area contributed by atoms with Crippen molar-refractivity contribution in [3.8, 4) is 0 Å². The van der Waals surface area contributed by atoms with Crippen molar-refractivity contribution in [2.24, 2.45) is 0 Å². The summed E-state index contributed by atoms with van der Waals surface area (Å²) in [7, 11) is 1.89. The normalized spacial score (nSPS) is 12.5. The van der Waals surface area contributed by atoms with Crippen LogP contribution in [-0.2, 0) is 0 Å². The van der Waals surface area contributed by atoms with Gasteiger partial charge in [-0.1, -0.05) is 36.4 Å². The van der Waals surface area contributed by atoms with Crippen LogP contribution in [0.1, 0.15) is 22.9 Å². The fourth-order valence-corrected chi connectivity index (χ4v) is 2.58. The lowest BCUT2D eigenvalue weighted by Crippen LogP contribution is -2.19. The average Bonchev–Trinajstić information content (AvgIpc) is 2.51. The van der Waals surface area contributed by atoms with Crippen LogP contribution in [0.2, 0.25) is 0 Å². The van der Waals surface area contributed by atoms with Crippen LogP contribution >= 0.6 is 0 Å². The predicted octanol–water partition coefficient (Wildman–Crippen LogP) is 3.99. The molecule has 2 nitrogen and oxygen atoms in total. The van der Waals surface area contributed by atoms with E-state index in [1.54, 1.807) is 13.0 Å². The molecule has 3 heteroatoms. The van der Waals surface area contributed by atoms with Crippen LogP contribution < -0.4 is 5.32 Å². The molecule has 21 heavy (non-hydrogen) atoms. The number of para-hydroxylation sites is 1. The highest BCUT2D eigenvalue weighted by atomic mass is 19.1. The van der Waals surface area contributed by atoms with Crippen LogP contribution in [0.5, 0.6) is 0 Å². The summed E-state index contributed by atoms with van der Waals surface area (Å²) in [4.78, 5) is 4.72. The highest BCUT2D eigenvalue weighted by molar-refractivity contribution is 5.78. The zero-order valence-electron chi connectivity index (χ0n) is 12.1. The largest absolute Gasteiger partial charge is 0.308 e. The Labute approximate surface area is 123 Å². The molecule has 1 heterocycles. The van der Waals surface area contributed by atoms with Crippen molar-refractivity contribution in [1.29, 1.82) is 0 Å². The minimum Gasteiger partial charge on any atom is -0.308 e. The summed E-state index contributed by atoms with van der Waals surface area (Å²) in [5.41, 5.74) is 3.56. The van der Waals surface area contributed by atoms with Crippen LogP contribution in [0.25, 0.3) is 10.9 Å². The van der Waals surface area contributed by atoms with Gasteiger partial charge in [-0.2, -0.15) is 0 Å². The van der Waals surface area contributed by atoms with Crippen LogP contribution in [0.3, 0.4) is 0 Å². The highest BCUT2D eigenvalue weighted by Crippen LogP contribution is 2.24. The zero-order valence-corrected chi connectivity index (χ0v) is 12.1. The molecule has 1 atom stereocenters. The lowest BCUT2D eigenvalue weighted by Gasteiger charge is -2.17. The molecule has 1 unspecified atom stereocenters. The van der Waals surface area contributed by atoms with Gasteiger partial charge in [-0.05, 0) is 43.3 Å². The third-order valence-corrected chi connectivity index (χ3v) is 3.72. The van der Waals surface area contributed by atoms with Gasteiger partial charge in [0.05, 0.1) is 17.3 Å². The van der Waals surface area contributed by atoms with E-state index in [0.717, 1.165) is 22.2 Å². The number of rotatable bonds is 3. The number of fused-ring (bicyclic) bond motifs is 1. The van der Waals surface area contributed by atoms with Gasteiger partial charge in [0.15, 0.2) is 0 Å². The monoisotopic (exact) mass is 280 g/mol. The number of aryl methyl sites for hydroxylation is 1. The Balaban J connectivity index is 2.06. The van der Waals surface area contributed by atoms with E-state index in [1.807, 2.05) is 43.4 Å². The first-order valence-corrected chi connectivity index (χ1v) is 6.98. The smallest absolute Gasteiger partial charge is 0.126 e. The van der Waals surface area contributed by atoms with Gasteiger partial charge in [0.1, 0.15) is 5.82 Å². The maximum absolute atomic E-state index is 13.4. The predicted molar refractivity (Wildman–Crippen MR) is 83.8 cm³/mol. The molecule has 0 aliphatic rings. The van der Waals surface area contributed by atoms with Crippen LogP contribution in [0, 0.1) is 12.7 Å². The third-order valence-electron chi connectivity index (χ3n) is 3.72. The van der Waals surface area contributed by atoms with Crippen molar-refractivity contribution >= 4 is 10.9 Å². The van der Waals surface area contributed by atoms with Crippen molar-refractivity contribution in [3.63, 3.8) is 0 Å². The highest BCUT2D eigenvalue weighted by Gasteiger charge is 2.14. The first kappa shape index (κ1) is 13.7. The van der Waals surface area contributed by atoms with Crippen LogP contribution in [-0.4, -0.2) is 12.0 Å². The molecule has 1 N–H and O–H groups in total. The SMILES string of the molecule is CNC(c1ccc(F)c(C)c1)c1ccc2ccccc2n1. The fourth-order valence-electron chi connectivity index (χ4n) is 2.58. The molecule has 0 bridgehead atoms. The van der Waals surface area contributed by atoms with Crippen molar-refractivity contribution in [2.75, 3.05) is 7.05 Å². The number of aromatic nitrogens is 1. The van der Waals surface area contributed by atoms with E-state index in [0.29, 0.717) is 5.56 Å². The van der Waals surface area contributed by atoms with Crippen LogP contribution in [0.15, 0.2) is 54.6 Å². The standard InChI is InChI=1S/C18H17FN2/c1-12-11-14(7-9-15(12)19)18(20-2)17-10-8-13-5-3-4-6-16(13)21-17/h3-11,18,20H,1-2H3. The number of hydrogen-bond donors (Lipinski definition) is 1. The molecule has 0 aliphatic heterocycles. The lowest BCUT2D eigenvalue weighted by atomic mass is 10.0. The van der Waals surface area contributed by atoms with Gasteiger partial charge in [0.25, 0.3) is 0 Å². The van der Waals surface area contributed by atoms with E-state index in [-0.39, 0.29) is 11.9 Å². The Morgan fingerprint density at radius 1 is 1.05 bits per heavy atom. The number of hydrogen-bond acceptors (Lipinski definition) is 2. The molecule has 3 rings (SSSR count). The maximum Gasteiger partial charge on any atom is 0.126 e. The second kappa shape index (κ2) is 5.62. The zero-order chi connectivity index (χ0) is 14.8. The Hall–Kier alpha value is -2.26. The minimum atomic E-state index is -0.180. The van der Waals surface area contributed by atoms with E-state index in [4.69, 9.17) is 4.98 Å². The number of benzene rings is 2. The van der Waals surface area contributed by atoms with E-state index >= 15 is 0 Å². The Kier molecular flexibility index (Phi) is 3.67. The van der Waals surface area contributed by atoms with Gasteiger partial charge in [-0.3, -0.25) is 4.98 Å². The molecular weight excluding hydrogens is 263 g/mol. The van der Waals surface area contributed by atoms with E-state index in [2.05, 4.69) is 11.4 Å². The minimum absolute atomic E-state index is 0.0473. The number of pyridine rings is 1. The molecule has 0 fully saturated rings. The van der Waals surface area contributed by atoms with Gasteiger partial charge < -0.3 is 5.32 Å². The number of halogens is 1. The summed E-state index contributed by atoms with van der Waals surface area (Å²) in [6, 6.07) is 17.3. The molecule has 1 aromatic heterocycles. The maximum atomic E-state index is 13.4. The summed E-state index contributed by atoms with van der Waals surface area (Å²) in [6.45, 7) is 1.78. The molecule has 3 aromatic rings. The van der Waals surface area contributed by atoms with E-state index in [9.17, 15) is 4.39 Å². The molecule has 2 aromatic carbocycles. The quantitative estimate of drug-likeness (QED) is 0.784. The molecule has 0 amide bonds. The molecular formula is C18H17FN2. The summed E-state index contributed by atoms with van der Waals surface area (Å²) < 4.78 is 13.4. The second-order valence-corrected chi connectivity index (χ2v) is 5.16. The third kappa shape index (κ3) is 2.65. The van der Waals surface area contributed by atoms with Gasteiger partial charge in [-0.15, -0.1) is 0 Å². The molecule has 0 radical (unpaired) electrons. The van der Waals surface area contributed by atoms with Crippen LogP contribution in [0.4, 0.5) is 4.39 Å². The van der Waals surface area contributed by atoms with Gasteiger partial charge in [-0.25, -0.2) is 4.39 Å². The fraction of sp³-hybridized carbons (Fsp3) is 0.167. The molecule has 0 saturated heterocycles. The van der Waals surface area contributed by atoms with Crippen molar-refractivity contribution in [2.45, 2.75) is 13.0 Å². The van der Waals surface area contributed by atoms with Crippen molar-refractivity contribution < 1.29 is 4.39 Å². The number of nitrogens with one attached hydrogen (secondary N) is 1. The summed E-state index contributed by atoms with van der Waals surface area (Å²) in [5.74, 6) is -0.180. The van der Waals surface area contributed by atoms with Crippen molar-refractivity contribution in [1.82, 2.24) is 10.3 Å². The number of nitrogens with zero attached hydrogens (tertiary/aromatic N) is 1. The summed E-state index contributed by atoms with van der Waals surface area (Å²) in [6.07, 6.45) is 0. The Morgan fingerprint density at radius 3 is 2.62 bits per heavy atom. The molecule has 0 spiro atoms. The molecule has 0 aliphatic carbocycles. The topological polar surface area (TPSA) is 24.9 Å². The van der Waals surface area contributed by atoms with Gasteiger partial charge in [0, 0.05) is 5.39 Å². The van der Waals surface area contributed by atoms with E-state index in [1.165, 1.54) is 6.07 Å². The van der Waals surface area contributed by atoms with E-state index < -0.39 is 0 Å². The lowest BCUT2D eigenvalue weighted by molar-refractivity contribution is 0.613. The van der Waals surface area contributed by atoms with Gasteiger partial charge in [0.2, 0.25) is 0 Å². The van der Waals surface area contributed by atoms with Gasteiger partial charge >= 0.3 is 0 Å². The summed E-state index contributed by atoms with van der Waals surface area (Å²) in [5, 5.41) is 4.38. The first-order chi connectivity index (χ1) is 10.2. The molecule has 0 saturated carbocycles. The summed E-state index contributed by atoms with van der Waals surface area (Å²) >= 11 is 0.